The summed E-state index contributed by atoms with van der Waals surface area (Å²) in [5.74, 6) is -1.91. The Morgan fingerprint density at radius 1 is 1.04 bits per heavy atom. The number of alkyl halides is 3. The van der Waals surface area contributed by atoms with Crippen molar-refractivity contribution in [2.75, 3.05) is 5.32 Å². The summed E-state index contributed by atoms with van der Waals surface area (Å²) in [5.41, 5.74) is -0.776. The van der Waals surface area contributed by atoms with Crippen molar-refractivity contribution in [3.8, 4) is 0 Å². The number of rotatable bonds is 2. The molecule has 2 aromatic rings. The van der Waals surface area contributed by atoms with Gasteiger partial charge in [-0.2, -0.15) is 13.2 Å². The van der Waals surface area contributed by atoms with Crippen molar-refractivity contribution in [1.82, 2.24) is 4.98 Å². The van der Waals surface area contributed by atoms with E-state index in [1.54, 1.807) is 6.07 Å². The van der Waals surface area contributed by atoms with Crippen LogP contribution in [0, 0.1) is 5.82 Å². The van der Waals surface area contributed by atoms with Crippen molar-refractivity contribution >= 4 is 11.7 Å². The molecule has 0 saturated carbocycles. The highest BCUT2D eigenvalue weighted by Crippen LogP contribution is 2.30. The predicted molar refractivity (Wildman–Crippen MR) is 82.3 cm³/mol. The molecule has 0 bridgehead atoms. The first-order valence-electron chi connectivity index (χ1n) is 7.13. The number of pyridine rings is 1. The largest absolute Gasteiger partial charge is 0.416 e. The van der Waals surface area contributed by atoms with Crippen LogP contribution in [0.2, 0.25) is 0 Å². The van der Waals surface area contributed by atoms with Gasteiger partial charge in [0.2, 0.25) is 0 Å². The van der Waals surface area contributed by atoms with Crippen LogP contribution in [0.1, 0.15) is 42.3 Å². The zero-order valence-corrected chi connectivity index (χ0v) is 13.3. The maximum atomic E-state index is 13.9. The van der Waals surface area contributed by atoms with Crippen LogP contribution in [0.25, 0.3) is 0 Å². The highest BCUT2D eigenvalue weighted by atomic mass is 19.4. The Morgan fingerprint density at radius 2 is 1.71 bits per heavy atom. The number of amides is 1. The van der Waals surface area contributed by atoms with Crippen LogP contribution in [0.5, 0.6) is 0 Å². The molecule has 0 saturated heterocycles. The smallest absolute Gasteiger partial charge is 0.306 e. The first-order chi connectivity index (χ1) is 11.0. The molecule has 0 aliphatic rings. The molecule has 0 aliphatic heterocycles. The van der Waals surface area contributed by atoms with Gasteiger partial charge in [-0.05, 0) is 35.2 Å². The molecule has 0 spiro atoms. The minimum atomic E-state index is -4.56. The molecular weight excluding hydrogens is 324 g/mol. The van der Waals surface area contributed by atoms with Crippen LogP contribution in [-0.4, -0.2) is 10.9 Å². The predicted octanol–water partition coefficient (Wildman–Crippen LogP) is 4.79. The van der Waals surface area contributed by atoms with Crippen molar-refractivity contribution < 1.29 is 22.4 Å². The standard InChI is InChI=1S/C17H16F4N2O/c1-16(2,3)10-4-5-13(18)12(8-10)15(24)23-14-9-11(6-7-22-14)17(19,20)21/h4-9H,1-3H3,(H,22,23,24). The van der Waals surface area contributed by atoms with Gasteiger partial charge in [-0.15, -0.1) is 0 Å². The van der Waals surface area contributed by atoms with Crippen LogP contribution in [0.3, 0.4) is 0 Å². The molecule has 7 heteroatoms. The average Bonchev–Trinajstić information content (AvgIpc) is 2.45. The van der Waals surface area contributed by atoms with Crippen LogP contribution in [0.15, 0.2) is 36.5 Å². The quantitative estimate of drug-likeness (QED) is 0.799. The van der Waals surface area contributed by atoms with Gasteiger partial charge in [0.25, 0.3) is 5.91 Å². The Bertz CT molecular complexity index is 764. The van der Waals surface area contributed by atoms with E-state index in [1.165, 1.54) is 6.07 Å². The summed E-state index contributed by atoms with van der Waals surface area (Å²) in [7, 11) is 0. The van der Waals surface area contributed by atoms with E-state index in [-0.39, 0.29) is 16.8 Å². The molecule has 1 N–H and O–H groups in total. The highest BCUT2D eigenvalue weighted by Gasteiger charge is 2.31. The lowest BCUT2D eigenvalue weighted by atomic mass is 9.86. The SMILES string of the molecule is CC(C)(C)c1ccc(F)c(C(=O)Nc2cc(C(F)(F)F)ccn2)c1. The topological polar surface area (TPSA) is 42.0 Å². The van der Waals surface area contributed by atoms with Crippen molar-refractivity contribution in [3.05, 3.63) is 59.0 Å². The highest BCUT2D eigenvalue weighted by molar-refractivity contribution is 6.04. The van der Waals surface area contributed by atoms with Crippen LogP contribution in [-0.2, 0) is 11.6 Å². The molecule has 3 nitrogen and oxygen atoms in total. The Labute approximate surface area is 136 Å². The average molecular weight is 340 g/mol. The number of halogens is 4. The van der Waals surface area contributed by atoms with Gasteiger partial charge in [0.1, 0.15) is 11.6 Å². The third-order valence-electron chi connectivity index (χ3n) is 3.41. The third kappa shape index (κ3) is 4.10. The van der Waals surface area contributed by atoms with E-state index in [1.807, 2.05) is 20.8 Å². The van der Waals surface area contributed by atoms with Gasteiger partial charge < -0.3 is 5.32 Å². The van der Waals surface area contributed by atoms with E-state index in [0.717, 1.165) is 23.9 Å². The Morgan fingerprint density at radius 3 is 2.29 bits per heavy atom. The van der Waals surface area contributed by atoms with E-state index in [2.05, 4.69) is 10.3 Å². The molecule has 24 heavy (non-hydrogen) atoms. The molecule has 1 amide bonds. The second-order valence-corrected chi connectivity index (χ2v) is 6.33. The summed E-state index contributed by atoms with van der Waals surface area (Å²) in [6, 6.07) is 5.60. The van der Waals surface area contributed by atoms with Crippen LogP contribution >= 0.6 is 0 Å². The summed E-state index contributed by atoms with van der Waals surface area (Å²) >= 11 is 0. The molecule has 1 aromatic heterocycles. The summed E-state index contributed by atoms with van der Waals surface area (Å²) in [6.07, 6.45) is -3.62. The van der Waals surface area contributed by atoms with E-state index in [4.69, 9.17) is 0 Å². The van der Waals surface area contributed by atoms with Gasteiger partial charge in [-0.25, -0.2) is 9.37 Å². The van der Waals surface area contributed by atoms with E-state index < -0.39 is 23.5 Å². The van der Waals surface area contributed by atoms with Crippen molar-refractivity contribution in [2.24, 2.45) is 0 Å². The van der Waals surface area contributed by atoms with Gasteiger partial charge in [0, 0.05) is 6.20 Å². The van der Waals surface area contributed by atoms with E-state index >= 15 is 0 Å². The minimum absolute atomic E-state index is 0.248. The van der Waals surface area contributed by atoms with Gasteiger partial charge >= 0.3 is 6.18 Å². The molecular formula is C17H16F4N2O. The lowest BCUT2D eigenvalue weighted by molar-refractivity contribution is -0.137. The molecule has 0 fully saturated rings. The molecule has 0 atom stereocenters. The van der Waals surface area contributed by atoms with Gasteiger partial charge in [0.15, 0.2) is 0 Å². The fraction of sp³-hybridized carbons (Fsp3) is 0.294. The normalized spacial score (nSPS) is 12.1. The van der Waals surface area contributed by atoms with Gasteiger partial charge in [-0.1, -0.05) is 26.8 Å². The number of hydrogen-bond donors (Lipinski definition) is 1. The summed E-state index contributed by atoms with van der Waals surface area (Å²) in [5, 5.41) is 2.20. The molecule has 0 aliphatic carbocycles. The van der Waals surface area contributed by atoms with Crippen molar-refractivity contribution in [2.45, 2.75) is 32.4 Å². The fourth-order valence-electron chi connectivity index (χ4n) is 2.02. The summed E-state index contributed by atoms with van der Waals surface area (Å²) < 4.78 is 51.9. The summed E-state index contributed by atoms with van der Waals surface area (Å²) in [6.45, 7) is 5.70. The van der Waals surface area contributed by atoms with E-state index in [9.17, 15) is 22.4 Å². The maximum absolute atomic E-state index is 13.9. The molecule has 0 radical (unpaired) electrons. The fourth-order valence-corrected chi connectivity index (χ4v) is 2.02. The number of aromatic nitrogens is 1. The number of hydrogen-bond acceptors (Lipinski definition) is 2. The molecule has 1 aromatic carbocycles. The number of carbonyl (C=O) groups excluding carboxylic acids is 1. The second kappa shape index (κ2) is 6.22. The van der Waals surface area contributed by atoms with E-state index in [0.29, 0.717) is 6.07 Å². The van der Waals surface area contributed by atoms with Crippen LogP contribution < -0.4 is 5.32 Å². The number of carbonyl (C=O) groups is 1. The third-order valence-corrected chi connectivity index (χ3v) is 3.41. The van der Waals surface area contributed by atoms with Gasteiger partial charge in [0.05, 0.1) is 11.1 Å². The number of anilines is 1. The number of nitrogens with one attached hydrogen (secondary N) is 1. The second-order valence-electron chi connectivity index (χ2n) is 6.33. The molecule has 128 valence electrons. The minimum Gasteiger partial charge on any atom is -0.306 e. The number of nitrogens with zero attached hydrogens (tertiary/aromatic N) is 1. The van der Waals surface area contributed by atoms with Crippen molar-refractivity contribution in [1.29, 1.82) is 0 Å². The Kier molecular flexibility index (Phi) is 4.64. The van der Waals surface area contributed by atoms with Crippen molar-refractivity contribution in [3.63, 3.8) is 0 Å². The van der Waals surface area contributed by atoms with Gasteiger partial charge in [-0.3, -0.25) is 4.79 Å². The Balaban J connectivity index is 2.31. The molecule has 2 rings (SSSR count). The zero-order valence-electron chi connectivity index (χ0n) is 13.3. The monoisotopic (exact) mass is 340 g/mol. The maximum Gasteiger partial charge on any atom is 0.416 e. The lowest BCUT2D eigenvalue weighted by Crippen LogP contribution is -2.18. The first-order valence-corrected chi connectivity index (χ1v) is 7.13. The first kappa shape index (κ1) is 17.9. The Hall–Kier alpha value is -2.44. The van der Waals surface area contributed by atoms with Crippen LogP contribution in [0.4, 0.5) is 23.4 Å². The summed E-state index contributed by atoms with van der Waals surface area (Å²) in [4.78, 5) is 15.9. The molecule has 0 unspecified atom stereocenters. The molecule has 1 heterocycles. The number of benzene rings is 1. The lowest BCUT2D eigenvalue weighted by Gasteiger charge is -2.20. The zero-order chi connectivity index (χ0) is 18.1.